The van der Waals surface area contributed by atoms with E-state index in [0.717, 1.165) is 32.7 Å². The van der Waals surface area contributed by atoms with Crippen LogP contribution in [0.15, 0.2) is 48.5 Å². The first-order valence-corrected chi connectivity index (χ1v) is 9.65. The summed E-state index contributed by atoms with van der Waals surface area (Å²) in [5.41, 5.74) is 1.28. The maximum Gasteiger partial charge on any atom is 0.121 e. The van der Waals surface area contributed by atoms with Crippen molar-refractivity contribution in [3.63, 3.8) is 0 Å². The Morgan fingerprint density at radius 2 is 1.61 bits per heavy atom. The molecule has 0 aliphatic carbocycles. The van der Waals surface area contributed by atoms with E-state index in [2.05, 4.69) is 34.1 Å². The van der Waals surface area contributed by atoms with Gasteiger partial charge in [-0.2, -0.15) is 0 Å². The minimum absolute atomic E-state index is 0. The largest absolute Gasteiger partial charge is 0.491 e. The number of ether oxygens (including phenoxy) is 1. The lowest BCUT2D eigenvalue weighted by molar-refractivity contribution is 0.0866. The molecule has 156 valence electrons. The number of rotatable bonds is 7. The number of benzene rings is 2. The van der Waals surface area contributed by atoms with E-state index < -0.39 is 6.10 Å². The fourth-order valence-electron chi connectivity index (χ4n) is 3.04. The second-order valence-corrected chi connectivity index (χ2v) is 7.31. The average molecular weight is 468 g/mol. The first-order chi connectivity index (χ1) is 12.6. The van der Waals surface area contributed by atoms with Gasteiger partial charge in [0.25, 0.3) is 0 Å². The lowest BCUT2D eigenvalue weighted by Crippen LogP contribution is -2.47. The fourth-order valence-corrected chi connectivity index (χ4v) is 3.33. The van der Waals surface area contributed by atoms with Crippen LogP contribution in [0.5, 0.6) is 5.75 Å². The molecular formula is C20H26Cl4N2O2. The number of hydrogen-bond donors (Lipinski definition) is 1. The first-order valence-electron chi connectivity index (χ1n) is 8.90. The van der Waals surface area contributed by atoms with E-state index in [4.69, 9.17) is 27.9 Å². The van der Waals surface area contributed by atoms with Crippen molar-refractivity contribution in [1.82, 2.24) is 4.90 Å². The molecule has 0 bridgehead atoms. The van der Waals surface area contributed by atoms with Crippen molar-refractivity contribution in [1.29, 1.82) is 0 Å². The van der Waals surface area contributed by atoms with Crippen LogP contribution in [0.2, 0.25) is 10.0 Å². The molecule has 0 aromatic heterocycles. The number of para-hydroxylation sites is 1. The number of piperazine rings is 1. The zero-order chi connectivity index (χ0) is 18.4. The highest BCUT2D eigenvalue weighted by atomic mass is 35.5. The Morgan fingerprint density at radius 3 is 2.25 bits per heavy atom. The van der Waals surface area contributed by atoms with E-state index in [-0.39, 0.29) is 31.4 Å². The quantitative estimate of drug-likeness (QED) is 0.634. The minimum Gasteiger partial charge on any atom is -0.491 e. The molecule has 1 atom stereocenters. The summed E-state index contributed by atoms with van der Waals surface area (Å²) in [6, 6.07) is 15.6. The second-order valence-electron chi connectivity index (χ2n) is 6.49. The highest BCUT2D eigenvalue weighted by Gasteiger charge is 2.18. The molecular weight excluding hydrogens is 442 g/mol. The van der Waals surface area contributed by atoms with E-state index in [1.165, 1.54) is 5.69 Å². The normalized spacial score (nSPS) is 15.3. The zero-order valence-corrected chi connectivity index (χ0v) is 18.6. The van der Waals surface area contributed by atoms with Gasteiger partial charge in [0.1, 0.15) is 12.4 Å². The van der Waals surface area contributed by atoms with Crippen molar-refractivity contribution in [3.8, 4) is 5.75 Å². The molecule has 0 spiro atoms. The van der Waals surface area contributed by atoms with E-state index in [0.29, 0.717) is 22.2 Å². The fraction of sp³-hybridized carbons (Fsp3) is 0.400. The van der Waals surface area contributed by atoms with Crippen LogP contribution in [0.1, 0.15) is 6.42 Å². The van der Waals surface area contributed by atoms with Crippen molar-refractivity contribution >= 4 is 53.7 Å². The molecule has 0 amide bonds. The van der Waals surface area contributed by atoms with E-state index >= 15 is 0 Å². The summed E-state index contributed by atoms with van der Waals surface area (Å²) in [5, 5.41) is 11.1. The molecule has 1 saturated heterocycles. The standard InChI is InChI=1S/C20H24Cl2N2O2.2ClH/c21-19-7-6-18(14-20(19)22)26-15-17(25)8-9-23-10-12-24(13-11-23)16-4-2-1-3-5-16;;/h1-7,14,17,25H,8-13,15H2;2*1H. The third kappa shape index (κ3) is 7.51. The van der Waals surface area contributed by atoms with Crippen LogP contribution in [0.25, 0.3) is 0 Å². The molecule has 8 heteroatoms. The van der Waals surface area contributed by atoms with Crippen LogP contribution in [-0.2, 0) is 0 Å². The number of aliphatic hydroxyl groups excluding tert-OH is 1. The number of halogens is 4. The SMILES string of the molecule is Cl.Cl.OC(CCN1CCN(c2ccccc2)CC1)COc1ccc(Cl)c(Cl)c1. The Bertz CT molecular complexity index is 698. The monoisotopic (exact) mass is 466 g/mol. The Labute approximate surface area is 189 Å². The topological polar surface area (TPSA) is 35.9 Å². The molecule has 3 rings (SSSR count). The highest BCUT2D eigenvalue weighted by Crippen LogP contribution is 2.26. The van der Waals surface area contributed by atoms with Gasteiger partial charge < -0.3 is 14.7 Å². The van der Waals surface area contributed by atoms with Gasteiger partial charge in [0.15, 0.2) is 0 Å². The predicted octanol–water partition coefficient (Wildman–Crippen LogP) is 4.79. The van der Waals surface area contributed by atoms with Crippen LogP contribution in [0.4, 0.5) is 5.69 Å². The summed E-state index contributed by atoms with van der Waals surface area (Å²) in [6.07, 6.45) is 0.184. The molecule has 1 aliphatic heterocycles. The van der Waals surface area contributed by atoms with Crippen molar-refractivity contribution in [2.24, 2.45) is 0 Å². The Kier molecular flexibility index (Phi) is 11.4. The molecule has 1 heterocycles. The van der Waals surface area contributed by atoms with Crippen LogP contribution in [0.3, 0.4) is 0 Å². The number of nitrogens with zero attached hydrogens (tertiary/aromatic N) is 2. The molecule has 1 aliphatic rings. The first kappa shape index (κ1) is 25.2. The third-order valence-electron chi connectivity index (χ3n) is 4.61. The van der Waals surface area contributed by atoms with Crippen LogP contribution >= 0.6 is 48.0 Å². The molecule has 1 N–H and O–H groups in total. The van der Waals surface area contributed by atoms with E-state index in [1.54, 1.807) is 18.2 Å². The van der Waals surface area contributed by atoms with Crippen molar-refractivity contribution < 1.29 is 9.84 Å². The number of aliphatic hydroxyl groups is 1. The second kappa shape index (κ2) is 12.6. The molecule has 28 heavy (non-hydrogen) atoms. The molecule has 0 saturated carbocycles. The van der Waals surface area contributed by atoms with Gasteiger partial charge >= 0.3 is 0 Å². The van der Waals surface area contributed by atoms with Gasteiger partial charge in [-0.15, -0.1) is 24.8 Å². The summed E-state index contributed by atoms with van der Waals surface area (Å²) in [5.74, 6) is 0.620. The molecule has 1 unspecified atom stereocenters. The Balaban J connectivity index is 0.00000196. The maximum absolute atomic E-state index is 10.2. The highest BCUT2D eigenvalue weighted by molar-refractivity contribution is 6.42. The van der Waals surface area contributed by atoms with Gasteiger partial charge in [0.05, 0.1) is 16.1 Å². The minimum atomic E-state index is -0.503. The van der Waals surface area contributed by atoms with Crippen molar-refractivity contribution in [3.05, 3.63) is 58.6 Å². The van der Waals surface area contributed by atoms with Gasteiger partial charge in [-0.25, -0.2) is 0 Å². The molecule has 4 nitrogen and oxygen atoms in total. The average Bonchev–Trinajstić information content (AvgIpc) is 2.68. The predicted molar refractivity (Wildman–Crippen MR) is 122 cm³/mol. The van der Waals surface area contributed by atoms with Gasteiger partial charge in [-0.1, -0.05) is 41.4 Å². The lowest BCUT2D eigenvalue weighted by Gasteiger charge is -2.36. The van der Waals surface area contributed by atoms with Gasteiger partial charge in [-0.3, -0.25) is 4.90 Å². The van der Waals surface area contributed by atoms with Crippen molar-refractivity contribution in [2.45, 2.75) is 12.5 Å². The van der Waals surface area contributed by atoms with E-state index in [9.17, 15) is 5.11 Å². The Hall–Kier alpha value is -0.880. The summed E-state index contributed by atoms with van der Waals surface area (Å²) in [7, 11) is 0. The maximum atomic E-state index is 10.2. The molecule has 1 fully saturated rings. The van der Waals surface area contributed by atoms with Crippen LogP contribution < -0.4 is 9.64 Å². The Morgan fingerprint density at radius 1 is 0.929 bits per heavy atom. The zero-order valence-electron chi connectivity index (χ0n) is 15.5. The summed E-state index contributed by atoms with van der Waals surface area (Å²) < 4.78 is 5.60. The third-order valence-corrected chi connectivity index (χ3v) is 5.34. The molecule has 2 aromatic carbocycles. The van der Waals surface area contributed by atoms with E-state index in [1.807, 2.05) is 6.07 Å². The van der Waals surface area contributed by atoms with Gasteiger partial charge in [0, 0.05) is 44.5 Å². The summed E-state index contributed by atoms with van der Waals surface area (Å²) in [6.45, 7) is 5.17. The lowest BCUT2D eigenvalue weighted by atomic mass is 10.2. The van der Waals surface area contributed by atoms with Gasteiger partial charge in [0.2, 0.25) is 0 Å². The van der Waals surface area contributed by atoms with Crippen LogP contribution in [-0.4, -0.2) is 55.4 Å². The smallest absolute Gasteiger partial charge is 0.121 e. The molecule has 0 radical (unpaired) electrons. The summed E-state index contributed by atoms with van der Waals surface area (Å²) in [4.78, 5) is 4.79. The van der Waals surface area contributed by atoms with Gasteiger partial charge in [-0.05, 0) is 30.7 Å². The summed E-state index contributed by atoms with van der Waals surface area (Å²) >= 11 is 11.8. The van der Waals surface area contributed by atoms with Crippen molar-refractivity contribution in [2.75, 3.05) is 44.2 Å². The van der Waals surface area contributed by atoms with Crippen LogP contribution in [0, 0.1) is 0 Å². The molecule has 2 aromatic rings. The number of anilines is 1. The number of hydrogen-bond acceptors (Lipinski definition) is 4.